The van der Waals surface area contributed by atoms with Gasteiger partial charge in [-0.1, -0.05) is 6.07 Å². The SMILES string of the molecule is C[C@H]1CN(c2ccc(CNC=C(C#N)C#N)cc2F)C[C@H](C)O1. The largest absolute Gasteiger partial charge is 0.385 e. The third-order valence-electron chi connectivity index (χ3n) is 3.57. The molecule has 0 bridgehead atoms. The van der Waals surface area contributed by atoms with Crippen LogP contribution in [-0.2, 0) is 11.3 Å². The first-order valence-electron chi connectivity index (χ1n) is 7.46. The molecule has 5 nitrogen and oxygen atoms in total. The molecule has 23 heavy (non-hydrogen) atoms. The number of anilines is 1. The Morgan fingerprint density at radius 2 is 2.00 bits per heavy atom. The minimum Gasteiger partial charge on any atom is -0.385 e. The fourth-order valence-corrected chi connectivity index (χ4v) is 2.65. The van der Waals surface area contributed by atoms with Crippen molar-refractivity contribution >= 4 is 5.69 Å². The van der Waals surface area contributed by atoms with Crippen LogP contribution in [0.25, 0.3) is 0 Å². The molecule has 0 radical (unpaired) electrons. The van der Waals surface area contributed by atoms with Crippen molar-refractivity contribution in [1.29, 1.82) is 10.5 Å². The second kappa shape index (κ2) is 7.62. The van der Waals surface area contributed by atoms with E-state index in [-0.39, 0.29) is 23.6 Å². The molecule has 6 heteroatoms. The van der Waals surface area contributed by atoms with Crippen molar-refractivity contribution in [3.8, 4) is 12.1 Å². The summed E-state index contributed by atoms with van der Waals surface area (Å²) in [6, 6.07) is 8.58. The van der Waals surface area contributed by atoms with Crippen LogP contribution in [-0.4, -0.2) is 25.3 Å². The van der Waals surface area contributed by atoms with Gasteiger partial charge in [0.1, 0.15) is 23.5 Å². The Morgan fingerprint density at radius 1 is 1.35 bits per heavy atom. The van der Waals surface area contributed by atoms with Gasteiger partial charge < -0.3 is 15.0 Å². The molecule has 1 saturated heterocycles. The van der Waals surface area contributed by atoms with Gasteiger partial charge in [0.05, 0.1) is 17.9 Å². The van der Waals surface area contributed by atoms with Gasteiger partial charge in [-0.05, 0) is 31.5 Å². The summed E-state index contributed by atoms with van der Waals surface area (Å²) < 4.78 is 20.0. The van der Waals surface area contributed by atoms with Crippen LogP contribution in [0.2, 0.25) is 0 Å². The minimum atomic E-state index is -0.282. The van der Waals surface area contributed by atoms with Gasteiger partial charge in [-0.25, -0.2) is 4.39 Å². The molecule has 1 aromatic carbocycles. The zero-order valence-corrected chi connectivity index (χ0v) is 13.2. The fraction of sp³-hybridized carbons (Fsp3) is 0.412. The summed E-state index contributed by atoms with van der Waals surface area (Å²) >= 11 is 0. The third kappa shape index (κ3) is 4.45. The fourth-order valence-electron chi connectivity index (χ4n) is 2.65. The van der Waals surface area contributed by atoms with Crippen LogP contribution in [0.4, 0.5) is 10.1 Å². The first-order chi connectivity index (χ1) is 11.0. The normalized spacial score (nSPS) is 20.3. The van der Waals surface area contributed by atoms with E-state index in [1.807, 2.05) is 24.8 Å². The molecule has 1 aliphatic heterocycles. The Balaban J connectivity index is 2.05. The lowest BCUT2D eigenvalue weighted by molar-refractivity contribution is -0.00539. The van der Waals surface area contributed by atoms with Crippen LogP contribution >= 0.6 is 0 Å². The number of allylic oxidation sites excluding steroid dienone is 1. The maximum Gasteiger partial charge on any atom is 0.146 e. The minimum absolute atomic E-state index is 0.0154. The lowest BCUT2D eigenvalue weighted by Gasteiger charge is -2.37. The van der Waals surface area contributed by atoms with Crippen molar-refractivity contribution in [3.05, 3.63) is 41.4 Å². The highest BCUT2D eigenvalue weighted by Gasteiger charge is 2.24. The van der Waals surface area contributed by atoms with Crippen molar-refractivity contribution < 1.29 is 9.13 Å². The summed E-state index contributed by atoms with van der Waals surface area (Å²) in [5, 5.41) is 20.1. The maximum atomic E-state index is 14.4. The van der Waals surface area contributed by atoms with E-state index in [0.717, 1.165) is 5.56 Å². The van der Waals surface area contributed by atoms with Crippen LogP contribution in [0.3, 0.4) is 0 Å². The molecule has 1 fully saturated rings. The summed E-state index contributed by atoms with van der Waals surface area (Å²) in [6.45, 7) is 5.63. The van der Waals surface area contributed by atoms with E-state index in [1.54, 1.807) is 18.2 Å². The Kier molecular flexibility index (Phi) is 5.56. The smallest absolute Gasteiger partial charge is 0.146 e. The van der Waals surface area contributed by atoms with Gasteiger partial charge in [0, 0.05) is 25.8 Å². The number of ether oxygens (including phenoxy) is 1. The number of benzene rings is 1. The second-order valence-electron chi connectivity index (χ2n) is 5.61. The zero-order chi connectivity index (χ0) is 16.8. The molecular weight excluding hydrogens is 295 g/mol. The number of halogens is 1. The van der Waals surface area contributed by atoms with Crippen molar-refractivity contribution in [1.82, 2.24) is 5.32 Å². The number of morpholine rings is 1. The highest BCUT2D eigenvalue weighted by molar-refractivity contribution is 5.50. The molecule has 2 rings (SSSR count). The maximum absolute atomic E-state index is 14.4. The van der Waals surface area contributed by atoms with Crippen LogP contribution in [0, 0.1) is 28.5 Å². The van der Waals surface area contributed by atoms with E-state index in [2.05, 4.69) is 5.32 Å². The molecule has 2 atom stereocenters. The number of rotatable bonds is 4. The van der Waals surface area contributed by atoms with Crippen molar-refractivity contribution in [2.24, 2.45) is 0 Å². The van der Waals surface area contributed by atoms with Crippen molar-refractivity contribution in [2.75, 3.05) is 18.0 Å². The summed E-state index contributed by atoms with van der Waals surface area (Å²) in [5.74, 6) is -0.282. The van der Waals surface area contributed by atoms with E-state index in [1.165, 1.54) is 12.3 Å². The standard InChI is InChI=1S/C17H19FN4O/c1-12-10-22(11-13(2)23-12)17-4-3-14(5-16(17)18)8-21-9-15(6-19)7-20/h3-5,9,12-13,21H,8,10-11H2,1-2H3/t12-,13-/m0/s1. The van der Waals surface area contributed by atoms with Crippen molar-refractivity contribution in [2.45, 2.75) is 32.6 Å². The summed E-state index contributed by atoms with van der Waals surface area (Å²) in [6.07, 6.45) is 1.47. The summed E-state index contributed by atoms with van der Waals surface area (Å²) in [7, 11) is 0. The molecule has 0 aromatic heterocycles. The van der Waals surface area contributed by atoms with Crippen LogP contribution in [0.5, 0.6) is 0 Å². The molecular formula is C17H19FN4O. The molecule has 1 aliphatic rings. The molecule has 0 aliphatic carbocycles. The molecule has 0 unspecified atom stereocenters. The van der Waals surface area contributed by atoms with Gasteiger partial charge in [0.25, 0.3) is 0 Å². The first kappa shape index (κ1) is 16.8. The highest BCUT2D eigenvalue weighted by Crippen LogP contribution is 2.24. The van der Waals surface area contributed by atoms with Gasteiger partial charge in [-0.15, -0.1) is 0 Å². The summed E-state index contributed by atoms with van der Waals surface area (Å²) in [4.78, 5) is 1.99. The molecule has 0 saturated carbocycles. The van der Waals surface area contributed by atoms with Gasteiger partial charge >= 0.3 is 0 Å². The predicted molar refractivity (Wildman–Crippen MR) is 84.8 cm³/mol. The van der Waals surface area contributed by atoms with Gasteiger partial charge in [0.15, 0.2) is 0 Å². The Morgan fingerprint density at radius 3 is 2.57 bits per heavy atom. The van der Waals surface area contributed by atoms with Gasteiger partial charge in [-0.3, -0.25) is 0 Å². The Bertz CT molecular complexity index is 648. The predicted octanol–water partition coefficient (Wildman–Crippen LogP) is 2.46. The third-order valence-corrected chi connectivity index (χ3v) is 3.57. The van der Waals surface area contributed by atoms with Crippen molar-refractivity contribution in [3.63, 3.8) is 0 Å². The topological polar surface area (TPSA) is 72.1 Å². The zero-order valence-electron chi connectivity index (χ0n) is 13.2. The van der Waals surface area contributed by atoms with E-state index in [4.69, 9.17) is 15.3 Å². The molecule has 1 heterocycles. The van der Waals surface area contributed by atoms with E-state index in [9.17, 15) is 4.39 Å². The van der Waals surface area contributed by atoms with E-state index in [0.29, 0.717) is 25.3 Å². The van der Waals surface area contributed by atoms with E-state index >= 15 is 0 Å². The molecule has 120 valence electrons. The number of hydrogen-bond acceptors (Lipinski definition) is 5. The Labute approximate surface area is 135 Å². The lowest BCUT2D eigenvalue weighted by atomic mass is 10.1. The molecule has 0 amide bonds. The van der Waals surface area contributed by atoms with Gasteiger partial charge in [-0.2, -0.15) is 10.5 Å². The number of nitrogens with zero attached hydrogens (tertiary/aromatic N) is 3. The second-order valence-corrected chi connectivity index (χ2v) is 5.61. The lowest BCUT2D eigenvalue weighted by Crippen LogP contribution is -2.45. The molecule has 1 N–H and O–H groups in total. The highest BCUT2D eigenvalue weighted by atomic mass is 19.1. The average molecular weight is 314 g/mol. The average Bonchev–Trinajstić information content (AvgIpc) is 2.50. The summed E-state index contributed by atoms with van der Waals surface area (Å²) in [5.41, 5.74) is 1.30. The number of nitriles is 2. The number of hydrogen-bond donors (Lipinski definition) is 1. The molecule has 0 spiro atoms. The van der Waals surface area contributed by atoms with Crippen LogP contribution in [0.1, 0.15) is 19.4 Å². The number of nitrogens with one attached hydrogen (secondary N) is 1. The van der Waals surface area contributed by atoms with Crippen LogP contribution in [0.15, 0.2) is 30.0 Å². The Hall–Kier alpha value is -2.57. The quantitative estimate of drug-likeness (QED) is 0.864. The van der Waals surface area contributed by atoms with Crippen LogP contribution < -0.4 is 10.2 Å². The monoisotopic (exact) mass is 314 g/mol. The first-order valence-corrected chi connectivity index (χ1v) is 7.46. The molecule has 1 aromatic rings. The van der Waals surface area contributed by atoms with Gasteiger partial charge in [0.2, 0.25) is 0 Å². The van der Waals surface area contributed by atoms with E-state index < -0.39 is 0 Å².